The Morgan fingerprint density at radius 2 is 1.92 bits per heavy atom. The van der Waals surface area contributed by atoms with Gasteiger partial charge in [0.1, 0.15) is 5.52 Å². The lowest BCUT2D eigenvalue weighted by molar-refractivity contribution is -0.121. The molecule has 0 spiro atoms. The van der Waals surface area contributed by atoms with Crippen molar-refractivity contribution in [3.63, 3.8) is 0 Å². The van der Waals surface area contributed by atoms with Crippen LogP contribution in [0.15, 0.2) is 65.3 Å². The van der Waals surface area contributed by atoms with Crippen molar-refractivity contribution in [2.45, 2.75) is 19.9 Å². The maximum atomic E-state index is 11.9. The molecule has 3 rings (SSSR count). The molecular formula is C19H19N5O. The lowest BCUT2D eigenvalue weighted by atomic mass is 10.1. The summed E-state index contributed by atoms with van der Waals surface area (Å²) in [5.74, 6) is -0.164. The van der Waals surface area contributed by atoms with E-state index in [2.05, 4.69) is 20.8 Å². The van der Waals surface area contributed by atoms with Crippen LogP contribution >= 0.6 is 0 Å². The van der Waals surface area contributed by atoms with E-state index in [1.165, 1.54) is 0 Å². The number of aromatic nitrogens is 3. The van der Waals surface area contributed by atoms with Crippen molar-refractivity contribution in [1.29, 1.82) is 0 Å². The Bertz CT molecular complexity index is 912. The number of carbonyl (C=O) groups is 1. The number of hydrogen-bond donors (Lipinski definition) is 1. The van der Waals surface area contributed by atoms with Crippen LogP contribution in [-0.2, 0) is 11.3 Å². The minimum Gasteiger partial charge on any atom is -0.273 e. The van der Waals surface area contributed by atoms with Crippen LogP contribution in [0, 0.1) is 0 Å². The van der Waals surface area contributed by atoms with Crippen LogP contribution in [-0.4, -0.2) is 27.1 Å². The third-order valence-electron chi connectivity index (χ3n) is 3.62. The first-order chi connectivity index (χ1) is 12.2. The molecule has 0 unspecified atom stereocenters. The van der Waals surface area contributed by atoms with E-state index >= 15 is 0 Å². The molecule has 0 saturated heterocycles. The van der Waals surface area contributed by atoms with Gasteiger partial charge in [-0.05, 0) is 30.2 Å². The standard InChI is InChI=1S/C19H19N5O/c1-15(13-16-7-3-2-4-8-16)14-20-22-19(25)11-12-24-18-10-6-5-9-17(18)21-23-24/h2-10,13-14H,11-12H2,1H3,(H,22,25)/b15-13?,20-14-. The maximum Gasteiger partial charge on any atom is 0.241 e. The van der Waals surface area contributed by atoms with Gasteiger partial charge in [-0.3, -0.25) is 4.79 Å². The molecular weight excluding hydrogens is 314 g/mol. The van der Waals surface area contributed by atoms with Gasteiger partial charge in [0.15, 0.2) is 0 Å². The number of amides is 1. The van der Waals surface area contributed by atoms with E-state index in [9.17, 15) is 4.79 Å². The fraction of sp³-hybridized carbons (Fsp3) is 0.158. The van der Waals surface area contributed by atoms with Gasteiger partial charge in [-0.15, -0.1) is 5.10 Å². The highest BCUT2D eigenvalue weighted by Crippen LogP contribution is 2.09. The molecule has 0 aliphatic carbocycles. The molecule has 3 aromatic rings. The second-order valence-corrected chi connectivity index (χ2v) is 5.64. The average molecular weight is 333 g/mol. The molecule has 0 radical (unpaired) electrons. The summed E-state index contributed by atoms with van der Waals surface area (Å²) in [4.78, 5) is 11.9. The van der Waals surface area contributed by atoms with Gasteiger partial charge in [0.05, 0.1) is 18.3 Å². The topological polar surface area (TPSA) is 72.2 Å². The van der Waals surface area contributed by atoms with Crippen LogP contribution in [0.5, 0.6) is 0 Å². The number of carbonyl (C=O) groups excluding carboxylic acids is 1. The summed E-state index contributed by atoms with van der Waals surface area (Å²) >= 11 is 0. The van der Waals surface area contributed by atoms with Crippen LogP contribution in [0.25, 0.3) is 17.1 Å². The lowest BCUT2D eigenvalue weighted by Gasteiger charge is -2.01. The van der Waals surface area contributed by atoms with Crippen molar-refractivity contribution in [3.05, 3.63) is 65.7 Å². The molecule has 2 aromatic carbocycles. The molecule has 25 heavy (non-hydrogen) atoms. The summed E-state index contributed by atoms with van der Waals surface area (Å²) in [7, 11) is 0. The smallest absolute Gasteiger partial charge is 0.241 e. The fourth-order valence-corrected chi connectivity index (χ4v) is 2.40. The van der Waals surface area contributed by atoms with Crippen LogP contribution in [0.1, 0.15) is 18.9 Å². The predicted molar refractivity (Wildman–Crippen MR) is 98.9 cm³/mol. The number of allylic oxidation sites excluding steroid dienone is 1. The largest absolute Gasteiger partial charge is 0.273 e. The number of nitrogens with one attached hydrogen (secondary N) is 1. The van der Waals surface area contributed by atoms with Crippen molar-refractivity contribution >= 4 is 29.2 Å². The second kappa shape index (κ2) is 8.01. The third-order valence-corrected chi connectivity index (χ3v) is 3.62. The van der Waals surface area contributed by atoms with Crippen molar-refractivity contribution in [2.24, 2.45) is 5.10 Å². The Hall–Kier alpha value is -3.28. The molecule has 0 aliphatic heterocycles. The Labute approximate surface area is 145 Å². The highest BCUT2D eigenvalue weighted by molar-refractivity contribution is 5.86. The van der Waals surface area contributed by atoms with E-state index in [4.69, 9.17) is 0 Å². The average Bonchev–Trinajstić information content (AvgIpc) is 3.04. The van der Waals surface area contributed by atoms with Gasteiger partial charge < -0.3 is 0 Å². The molecule has 1 amide bonds. The quantitative estimate of drug-likeness (QED) is 0.557. The first-order valence-corrected chi connectivity index (χ1v) is 8.06. The SMILES string of the molecule is CC(=Cc1ccccc1)/C=N\NC(=O)CCn1nnc2ccccc21. The number of aryl methyl sites for hydroxylation is 1. The number of rotatable bonds is 6. The molecule has 0 fully saturated rings. The number of hydrogen-bond acceptors (Lipinski definition) is 4. The number of fused-ring (bicyclic) bond motifs is 1. The monoisotopic (exact) mass is 333 g/mol. The van der Waals surface area contributed by atoms with Crippen molar-refractivity contribution in [3.8, 4) is 0 Å². The van der Waals surface area contributed by atoms with E-state index < -0.39 is 0 Å². The molecule has 0 atom stereocenters. The Morgan fingerprint density at radius 1 is 1.16 bits per heavy atom. The number of benzene rings is 2. The van der Waals surface area contributed by atoms with Crippen LogP contribution < -0.4 is 5.43 Å². The summed E-state index contributed by atoms with van der Waals surface area (Å²) in [6.07, 6.45) is 3.92. The van der Waals surface area contributed by atoms with E-state index in [1.54, 1.807) is 10.9 Å². The zero-order valence-corrected chi connectivity index (χ0v) is 14.0. The predicted octanol–water partition coefficient (Wildman–Crippen LogP) is 3.03. The number of nitrogens with zero attached hydrogens (tertiary/aromatic N) is 4. The van der Waals surface area contributed by atoms with Crippen LogP contribution in [0.4, 0.5) is 0 Å². The lowest BCUT2D eigenvalue weighted by Crippen LogP contribution is -2.19. The molecule has 126 valence electrons. The third kappa shape index (κ3) is 4.60. The first kappa shape index (κ1) is 16.6. The van der Waals surface area contributed by atoms with Gasteiger partial charge in [-0.2, -0.15) is 5.10 Å². The molecule has 6 nitrogen and oxygen atoms in total. The maximum absolute atomic E-state index is 11.9. The minimum atomic E-state index is -0.164. The fourth-order valence-electron chi connectivity index (χ4n) is 2.40. The molecule has 6 heteroatoms. The summed E-state index contributed by atoms with van der Waals surface area (Å²) in [5, 5.41) is 12.1. The van der Waals surface area contributed by atoms with Gasteiger partial charge in [-0.1, -0.05) is 53.8 Å². The molecule has 1 aromatic heterocycles. The summed E-state index contributed by atoms with van der Waals surface area (Å²) < 4.78 is 1.72. The number of hydrazone groups is 1. The molecule has 0 aliphatic rings. The normalized spacial score (nSPS) is 12.0. The highest BCUT2D eigenvalue weighted by Gasteiger charge is 2.05. The Kier molecular flexibility index (Phi) is 5.31. The van der Waals surface area contributed by atoms with E-state index in [0.717, 1.165) is 22.2 Å². The van der Waals surface area contributed by atoms with Crippen molar-refractivity contribution in [1.82, 2.24) is 20.4 Å². The minimum absolute atomic E-state index is 0.164. The summed E-state index contributed by atoms with van der Waals surface area (Å²) in [5.41, 5.74) is 6.32. The number of para-hydroxylation sites is 1. The zero-order chi connectivity index (χ0) is 17.5. The van der Waals surface area contributed by atoms with E-state index in [-0.39, 0.29) is 12.3 Å². The molecule has 1 N–H and O–H groups in total. The summed E-state index contributed by atoms with van der Waals surface area (Å²) in [6, 6.07) is 17.6. The Morgan fingerprint density at radius 3 is 2.76 bits per heavy atom. The summed E-state index contributed by atoms with van der Waals surface area (Å²) in [6.45, 7) is 2.39. The van der Waals surface area contributed by atoms with Gasteiger partial charge in [0, 0.05) is 6.42 Å². The molecule has 0 saturated carbocycles. The van der Waals surface area contributed by atoms with Crippen LogP contribution in [0.3, 0.4) is 0 Å². The Balaban J connectivity index is 1.50. The van der Waals surface area contributed by atoms with Gasteiger partial charge in [0.2, 0.25) is 5.91 Å². The van der Waals surface area contributed by atoms with Gasteiger partial charge >= 0.3 is 0 Å². The zero-order valence-electron chi connectivity index (χ0n) is 14.0. The van der Waals surface area contributed by atoms with Gasteiger partial charge in [-0.25, -0.2) is 10.1 Å². The first-order valence-electron chi connectivity index (χ1n) is 8.06. The highest BCUT2D eigenvalue weighted by atomic mass is 16.2. The van der Waals surface area contributed by atoms with Crippen LogP contribution in [0.2, 0.25) is 0 Å². The van der Waals surface area contributed by atoms with Crippen molar-refractivity contribution in [2.75, 3.05) is 0 Å². The van der Waals surface area contributed by atoms with Gasteiger partial charge in [0.25, 0.3) is 0 Å². The molecule has 1 heterocycles. The van der Waals surface area contributed by atoms with E-state index in [1.807, 2.05) is 67.6 Å². The van der Waals surface area contributed by atoms with E-state index in [0.29, 0.717) is 6.54 Å². The molecule has 0 bridgehead atoms. The second-order valence-electron chi connectivity index (χ2n) is 5.64. The van der Waals surface area contributed by atoms with Crippen molar-refractivity contribution < 1.29 is 4.79 Å².